The van der Waals surface area contributed by atoms with E-state index in [0.717, 1.165) is 37.9 Å². The summed E-state index contributed by atoms with van der Waals surface area (Å²) < 4.78 is 12.8. The van der Waals surface area contributed by atoms with E-state index in [2.05, 4.69) is 11.4 Å². The lowest BCUT2D eigenvalue weighted by Gasteiger charge is -2.26. The number of benzene rings is 2. The van der Waals surface area contributed by atoms with Gasteiger partial charge in [-0.1, -0.05) is 24.3 Å². The first kappa shape index (κ1) is 19.8. The molecule has 0 spiro atoms. The topological polar surface area (TPSA) is 38.0 Å². The summed E-state index contributed by atoms with van der Waals surface area (Å²) in [5, 5.41) is 3.61. The van der Waals surface area contributed by atoms with E-state index in [1.165, 1.54) is 28.8 Å². The summed E-state index contributed by atoms with van der Waals surface area (Å²) in [5.74, 6) is -0.173. The largest absolute Gasteiger partial charge is 0.398 e. The van der Waals surface area contributed by atoms with Crippen LogP contribution in [0.2, 0.25) is 0 Å². The second-order valence-electron chi connectivity index (χ2n) is 5.76. The highest BCUT2D eigenvalue weighted by Crippen LogP contribution is 2.26. The third kappa shape index (κ3) is 5.10. The van der Waals surface area contributed by atoms with Crippen molar-refractivity contribution in [2.45, 2.75) is 31.7 Å². The van der Waals surface area contributed by atoms with E-state index in [9.17, 15) is 4.39 Å². The molecule has 1 aliphatic carbocycles. The number of nitrogens with two attached hydrogens (primary N) is 1. The maximum atomic E-state index is 12.8. The number of nitrogens with one attached hydrogen (secondary N) is 1. The van der Waals surface area contributed by atoms with E-state index in [-0.39, 0.29) is 30.6 Å². The van der Waals surface area contributed by atoms with Gasteiger partial charge in [0.25, 0.3) is 0 Å². The molecule has 2 nitrogen and oxygen atoms in total. The van der Waals surface area contributed by atoms with Crippen molar-refractivity contribution in [2.24, 2.45) is 0 Å². The van der Waals surface area contributed by atoms with Crippen LogP contribution < -0.4 is 11.1 Å². The lowest BCUT2D eigenvalue weighted by molar-refractivity contribution is 0.462. The Morgan fingerprint density at radius 2 is 1.83 bits per heavy atom. The minimum atomic E-state index is -0.173. The zero-order valence-corrected chi connectivity index (χ0v) is 14.6. The highest BCUT2D eigenvalue weighted by molar-refractivity contribution is 5.85. The van der Waals surface area contributed by atoms with Crippen molar-refractivity contribution in [1.82, 2.24) is 5.32 Å². The number of rotatable bonds is 4. The third-order valence-corrected chi connectivity index (χ3v) is 4.28. The van der Waals surface area contributed by atoms with Gasteiger partial charge in [-0.3, -0.25) is 0 Å². The highest BCUT2D eigenvalue weighted by Gasteiger charge is 2.19. The van der Waals surface area contributed by atoms with E-state index in [0.29, 0.717) is 6.04 Å². The molecule has 0 bridgehead atoms. The van der Waals surface area contributed by atoms with E-state index in [4.69, 9.17) is 5.73 Å². The summed E-state index contributed by atoms with van der Waals surface area (Å²) in [4.78, 5) is 0. The number of halogens is 3. The van der Waals surface area contributed by atoms with Crippen molar-refractivity contribution >= 4 is 30.5 Å². The van der Waals surface area contributed by atoms with Gasteiger partial charge in [-0.15, -0.1) is 24.8 Å². The summed E-state index contributed by atoms with van der Waals surface area (Å²) in [7, 11) is 0. The van der Waals surface area contributed by atoms with E-state index >= 15 is 0 Å². The van der Waals surface area contributed by atoms with Gasteiger partial charge in [-0.2, -0.15) is 0 Å². The fourth-order valence-electron chi connectivity index (χ4n) is 3.08. The second-order valence-corrected chi connectivity index (χ2v) is 5.76. The van der Waals surface area contributed by atoms with Crippen molar-refractivity contribution in [2.75, 3.05) is 12.3 Å². The average Bonchev–Trinajstić information content (AvgIpc) is 2.49. The van der Waals surface area contributed by atoms with Gasteiger partial charge < -0.3 is 11.1 Å². The molecule has 2 aromatic carbocycles. The molecular formula is C18H23Cl2FN2. The van der Waals surface area contributed by atoms with Gasteiger partial charge >= 0.3 is 0 Å². The molecule has 0 saturated heterocycles. The van der Waals surface area contributed by atoms with Crippen LogP contribution in [0.4, 0.5) is 10.1 Å². The summed E-state index contributed by atoms with van der Waals surface area (Å²) >= 11 is 0. The van der Waals surface area contributed by atoms with Crippen LogP contribution in [0, 0.1) is 5.82 Å². The lowest BCUT2D eigenvalue weighted by atomic mass is 9.87. The van der Waals surface area contributed by atoms with Crippen LogP contribution >= 0.6 is 24.8 Å². The second kappa shape index (κ2) is 9.11. The molecule has 0 amide bonds. The summed E-state index contributed by atoms with van der Waals surface area (Å²) in [5.41, 5.74) is 10.8. The standard InChI is InChI=1S/C18H21FN2.2ClH/c19-15-6-4-13(5-7-15)10-11-21-16-8-9-17-14(12-16)2-1-3-18(17)20;;/h1-7,16,21H,8-12,20H2;2*1H. The van der Waals surface area contributed by atoms with Gasteiger partial charge in [0.2, 0.25) is 0 Å². The number of fused-ring (bicyclic) bond motifs is 1. The minimum absolute atomic E-state index is 0. The first-order chi connectivity index (χ1) is 10.2. The average molecular weight is 357 g/mol. The van der Waals surface area contributed by atoms with Crippen molar-refractivity contribution in [3.05, 3.63) is 65.0 Å². The molecule has 1 unspecified atom stereocenters. The zero-order chi connectivity index (χ0) is 14.7. The fourth-order valence-corrected chi connectivity index (χ4v) is 3.08. The molecule has 0 radical (unpaired) electrons. The van der Waals surface area contributed by atoms with Crippen molar-refractivity contribution in [3.8, 4) is 0 Å². The molecule has 0 fully saturated rings. The Bertz CT molecular complexity index is 617. The highest BCUT2D eigenvalue weighted by atomic mass is 35.5. The summed E-state index contributed by atoms with van der Waals surface area (Å²) in [6.45, 7) is 0.925. The summed E-state index contributed by atoms with van der Waals surface area (Å²) in [6.07, 6.45) is 4.16. The minimum Gasteiger partial charge on any atom is -0.398 e. The number of hydrogen-bond acceptors (Lipinski definition) is 2. The molecule has 1 aliphatic rings. The number of anilines is 1. The van der Waals surface area contributed by atoms with Gasteiger partial charge in [0.1, 0.15) is 5.82 Å². The molecule has 5 heteroatoms. The molecule has 0 aromatic heterocycles. The van der Waals surface area contributed by atoms with Gasteiger partial charge in [0.15, 0.2) is 0 Å². The van der Waals surface area contributed by atoms with Crippen LogP contribution in [0.3, 0.4) is 0 Å². The van der Waals surface area contributed by atoms with E-state index < -0.39 is 0 Å². The van der Waals surface area contributed by atoms with Crippen molar-refractivity contribution < 1.29 is 4.39 Å². The Balaban J connectivity index is 0.00000132. The Morgan fingerprint density at radius 1 is 1.09 bits per heavy atom. The molecule has 0 heterocycles. The van der Waals surface area contributed by atoms with Crippen LogP contribution in [-0.4, -0.2) is 12.6 Å². The molecule has 3 rings (SSSR count). The van der Waals surface area contributed by atoms with E-state index in [1.54, 1.807) is 0 Å². The first-order valence-electron chi connectivity index (χ1n) is 7.56. The first-order valence-corrected chi connectivity index (χ1v) is 7.56. The molecular weight excluding hydrogens is 334 g/mol. The maximum Gasteiger partial charge on any atom is 0.123 e. The number of nitrogen functional groups attached to an aromatic ring is 1. The Morgan fingerprint density at radius 3 is 2.57 bits per heavy atom. The lowest BCUT2D eigenvalue weighted by Crippen LogP contribution is -2.36. The molecule has 0 saturated carbocycles. The molecule has 2 aromatic rings. The monoisotopic (exact) mass is 356 g/mol. The quantitative estimate of drug-likeness (QED) is 0.814. The van der Waals surface area contributed by atoms with Crippen molar-refractivity contribution in [3.63, 3.8) is 0 Å². The molecule has 0 aliphatic heterocycles. The Hall–Kier alpha value is -1.29. The fraction of sp³-hybridized carbons (Fsp3) is 0.333. The SMILES string of the molecule is Cl.Cl.Nc1cccc2c1CCC(NCCc1ccc(F)cc1)C2. The van der Waals surface area contributed by atoms with Crippen molar-refractivity contribution in [1.29, 1.82) is 0 Å². The maximum absolute atomic E-state index is 12.8. The number of hydrogen-bond donors (Lipinski definition) is 2. The van der Waals surface area contributed by atoms with Crippen LogP contribution in [0.15, 0.2) is 42.5 Å². The smallest absolute Gasteiger partial charge is 0.123 e. The van der Waals surface area contributed by atoms with Gasteiger partial charge in [0, 0.05) is 11.7 Å². The van der Waals surface area contributed by atoms with Crippen LogP contribution in [0.1, 0.15) is 23.1 Å². The van der Waals surface area contributed by atoms with Crippen LogP contribution in [-0.2, 0) is 19.3 Å². The predicted octanol–water partition coefficient (Wildman–Crippen LogP) is 3.94. The van der Waals surface area contributed by atoms with E-state index in [1.807, 2.05) is 24.3 Å². The third-order valence-electron chi connectivity index (χ3n) is 4.28. The van der Waals surface area contributed by atoms with Gasteiger partial charge in [-0.05, 0) is 67.1 Å². The van der Waals surface area contributed by atoms with Crippen LogP contribution in [0.5, 0.6) is 0 Å². The molecule has 3 N–H and O–H groups in total. The Kier molecular flexibility index (Phi) is 7.83. The normalized spacial score (nSPS) is 16.0. The molecule has 126 valence electrons. The van der Waals surface area contributed by atoms with Gasteiger partial charge in [0.05, 0.1) is 0 Å². The molecule has 1 atom stereocenters. The summed E-state index contributed by atoms with van der Waals surface area (Å²) in [6, 6.07) is 13.5. The van der Waals surface area contributed by atoms with Gasteiger partial charge in [-0.25, -0.2) is 4.39 Å². The predicted molar refractivity (Wildman–Crippen MR) is 99.3 cm³/mol. The van der Waals surface area contributed by atoms with Crippen LogP contribution in [0.25, 0.3) is 0 Å². The Labute approximate surface area is 149 Å². The zero-order valence-electron chi connectivity index (χ0n) is 12.9. The molecule has 23 heavy (non-hydrogen) atoms.